The molecule has 0 atom stereocenters. The van der Waals surface area contributed by atoms with Crippen LogP contribution in [-0.2, 0) is 13.1 Å². The van der Waals surface area contributed by atoms with E-state index in [2.05, 4.69) is 28.7 Å². The Morgan fingerprint density at radius 3 is 2.80 bits per heavy atom. The first-order chi connectivity index (χ1) is 9.76. The molecule has 1 heterocycles. The Bertz CT molecular complexity index is 548. The van der Waals surface area contributed by atoms with Crippen LogP contribution < -0.4 is 5.32 Å². The van der Waals surface area contributed by atoms with Crippen LogP contribution in [0.3, 0.4) is 0 Å². The topological polar surface area (TPSA) is 29.9 Å². The molecule has 1 aromatic heterocycles. The van der Waals surface area contributed by atoms with Crippen LogP contribution >= 0.6 is 0 Å². The number of nitrogens with zero attached hydrogens (tertiary/aromatic N) is 2. The van der Waals surface area contributed by atoms with E-state index in [0.29, 0.717) is 12.1 Å². The van der Waals surface area contributed by atoms with E-state index < -0.39 is 0 Å². The van der Waals surface area contributed by atoms with Gasteiger partial charge in [-0.25, -0.2) is 9.37 Å². The first-order valence-corrected chi connectivity index (χ1v) is 7.27. The predicted octanol–water partition coefficient (Wildman–Crippen LogP) is 3.60. The molecule has 0 amide bonds. The number of imidazole rings is 1. The number of nitrogens with one attached hydrogen (secondary N) is 1. The Morgan fingerprint density at radius 1 is 1.25 bits per heavy atom. The smallest absolute Gasteiger partial charge is 0.139 e. The molecule has 0 aliphatic heterocycles. The van der Waals surface area contributed by atoms with Crippen molar-refractivity contribution in [3.63, 3.8) is 0 Å². The summed E-state index contributed by atoms with van der Waals surface area (Å²) in [5.41, 5.74) is 1.54. The number of hydrogen-bond acceptors (Lipinski definition) is 2. The standard InChI is InChI=1S/C16H22FN3/c1-3-7-18-12-14-6-5-13(11-15(14)17)16-19-8-10-20(16)9-4-2/h5-6,8,10-11,18H,3-4,7,9,12H2,1-2H3. The summed E-state index contributed by atoms with van der Waals surface area (Å²) in [4.78, 5) is 4.33. The predicted molar refractivity (Wildman–Crippen MR) is 79.9 cm³/mol. The van der Waals surface area contributed by atoms with Gasteiger partial charge < -0.3 is 9.88 Å². The molecule has 0 radical (unpaired) electrons. The minimum Gasteiger partial charge on any atom is -0.331 e. The van der Waals surface area contributed by atoms with Gasteiger partial charge >= 0.3 is 0 Å². The first-order valence-electron chi connectivity index (χ1n) is 7.27. The van der Waals surface area contributed by atoms with Crippen molar-refractivity contribution in [2.45, 2.75) is 39.8 Å². The number of rotatable bonds is 7. The second-order valence-corrected chi connectivity index (χ2v) is 4.93. The van der Waals surface area contributed by atoms with Gasteiger partial charge in [-0.2, -0.15) is 0 Å². The number of hydrogen-bond donors (Lipinski definition) is 1. The van der Waals surface area contributed by atoms with Gasteiger partial charge in [-0.1, -0.05) is 26.0 Å². The van der Waals surface area contributed by atoms with E-state index in [-0.39, 0.29) is 5.82 Å². The third-order valence-electron chi connectivity index (χ3n) is 3.23. The van der Waals surface area contributed by atoms with E-state index >= 15 is 0 Å². The molecule has 3 nitrogen and oxygen atoms in total. The molecule has 20 heavy (non-hydrogen) atoms. The average molecular weight is 275 g/mol. The SMILES string of the molecule is CCCNCc1ccc(-c2nccn2CCC)cc1F. The summed E-state index contributed by atoms with van der Waals surface area (Å²) in [6.45, 7) is 6.59. The lowest BCUT2D eigenvalue weighted by Crippen LogP contribution is -2.14. The summed E-state index contributed by atoms with van der Waals surface area (Å²) in [7, 11) is 0. The molecule has 0 saturated heterocycles. The molecule has 4 heteroatoms. The Balaban J connectivity index is 2.17. The summed E-state index contributed by atoms with van der Waals surface area (Å²) in [5, 5.41) is 3.22. The summed E-state index contributed by atoms with van der Waals surface area (Å²) < 4.78 is 16.2. The van der Waals surface area contributed by atoms with E-state index in [1.807, 2.05) is 18.3 Å². The lowest BCUT2D eigenvalue weighted by atomic mass is 10.1. The molecular weight excluding hydrogens is 253 g/mol. The highest BCUT2D eigenvalue weighted by atomic mass is 19.1. The highest BCUT2D eigenvalue weighted by Gasteiger charge is 2.09. The van der Waals surface area contributed by atoms with Gasteiger partial charge in [0.15, 0.2) is 0 Å². The molecular formula is C16H22FN3. The summed E-state index contributed by atoms with van der Waals surface area (Å²) in [6.07, 6.45) is 5.78. The fourth-order valence-electron chi connectivity index (χ4n) is 2.22. The number of halogens is 1. The third-order valence-corrected chi connectivity index (χ3v) is 3.23. The highest BCUT2D eigenvalue weighted by molar-refractivity contribution is 5.56. The number of aryl methyl sites for hydroxylation is 1. The second-order valence-electron chi connectivity index (χ2n) is 4.93. The summed E-state index contributed by atoms with van der Waals surface area (Å²) in [5.74, 6) is 0.663. The summed E-state index contributed by atoms with van der Waals surface area (Å²) in [6, 6.07) is 5.37. The van der Waals surface area contributed by atoms with Crippen molar-refractivity contribution in [3.05, 3.63) is 42.0 Å². The lowest BCUT2D eigenvalue weighted by molar-refractivity contribution is 0.586. The van der Waals surface area contributed by atoms with E-state index in [4.69, 9.17) is 0 Å². The zero-order valence-corrected chi connectivity index (χ0v) is 12.2. The van der Waals surface area contributed by atoms with Crippen LogP contribution in [0.15, 0.2) is 30.6 Å². The van der Waals surface area contributed by atoms with E-state index in [0.717, 1.165) is 37.3 Å². The zero-order chi connectivity index (χ0) is 14.4. The van der Waals surface area contributed by atoms with Crippen molar-refractivity contribution in [2.24, 2.45) is 0 Å². The molecule has 2 aromatic rings. The molecule has 0 aliphatic carbocycles. The minimum atomic E-state index is -0.169. The van der Waals surface area contributed by atoms with Crippen molar-refractivity contribution < 1.29 is 4.39 Å². The van der Waals surface area contributed by atoms with E-state index in [9.17, 15) is 4.39 Å². The van der Waals surface area contributed by atoms with Crippen molar-refractivity contribution in [1.82, 2.24) is 14.9 Å². The zero-order valence-electron chi connectivity index (χ0n) is 12.2. The van der Waals surface area contributed by atoms with Crippen molar-refractivity contribution in [3.8, 4) is 11.4 Å². The van der Waals surface area contributed by atoms with Gasteiger partial charge in [-0.3, -0.25) is 0 Å². The van der Waals surface area contributed by atoms with Crippen molar-refractivity contribution in [1.29, 1.82) is 0 Å². The fourth-order valence-corrected chi connectivity index (χ4v) is 2.22. The average Bonchev–Trinajstić information content (AvgIpc) is 2.89. The molecule has 2 rings (SSSR count). The largest absolute Gasteiger partial charge is 0.331 e. The van der Waals surface area contributed by atoms with Gasteiger partial charge in [-0.05, 0) is 25.5 Å². The Hall–Kier alpha value is -1.68. The van der Waals surface area contributed by atoms with Gasteiger partial charge in [0.2, 0.25) is 0 Å². The number of benzene rings is 1. The van der Waals surface area contributed by atoms with Gasteiger partial charge in [0.1, 0.15) is 11.6 Å². The molecule has 1 N–H and O–H groups in total. The maximum absolute atomic E-state index is 14.1. The van der Waals surface area contributed by atoms with Gasteiger partial charge in [-0.15, -0.1) is 0 Å². The highest BCUT2D eigenvalue weighted by Crippen LogP contribution is 2.21. The molecule has 0 fully saturated rings. The van der Waals surface area contributed by atoms with Crippen LogP contribution in [0.25, 0.3) is 11.4 Å². The van der Waals surface area contributed by atoms with Crippen molar-refractivity contribution in [2.75, 3.05) is 6.54 Å². The Labute approximate surface area is 119 Å². The van der Waals surface area contributed by atoms with Crippen LogP contribution in [0.2, 0.25) is 0 Å². The second kappa shape index (κ2) is 7.20. The molecule has 108 valence electrons. The van der Waals surface area contributed by atoms with Crippen LogP contribution in [0.1, 0.15) is 32.3 Å². The van der Waals surface area contributed by atoms with Crippen LogP contribution in [0.5, 0.6) is 0 Å². The third kappa shape index (κ3) is 3.45. The maximum atomic E-state index is 14.1. The Kier molecular flexibility index (Phi) is 5.30. The van der Waals surface area contributed by atoms with Crippen LogP contribution in [0.4, 0.5) is 4.39 Å². The first kappa shape index (κ1) is 14.7. The molecule has 0 saturated carbocycles. The van der Waals surface area contributed by atoms with Gasteiger partial charge in [0, 0.05) is 36.6 Å². The maximum Gasteiger partial charge on any atom is 0.139 e. The molecule has 0 unspecified atom stereocenters. The van der Waals surface area contributed by atoms with Crippen LogP contribution in [-0.4, -0.2) is 16.1 Å². The monoisotopic (exact) mass is 275 g/mol. The van der Waals surface area contributed by atoms with Gasteiger partial charge in [0.05, 0.1) is 0 Å². The fraction of sp³-hybridized carbons (Fsp3) is 0.438. The minimum absolute atomic E-state index is 0.169. The summed E-state index contributed by atoms with van der Waals surface area (Å²) >= 11 is 0. The molecule has 0 bridgehead atoms. The Morgan fingerprint density at radius 2 is 2.10 bits per heavy atom. The van der Waals surface area contributed by atoms with E-state index in [1.54, 1.807) is 12.3 Å². The van der Waals surface area contributed by atoms with Crippen molar-refractivity contribution >= 4 is 0 Å². The van der Waals surface area contributed by atoms with Crippen LogP contribution in [0, 0.1) is 5.82 Å². The molecule has 0 spiro atoms. The number of aromatic nitrogens is 2. The van der Waals surface area contributed by atoms with Gasteiger partial charge in [0.25, 0.3) is 0 Å². The lowest BCUT2D eigenvalue weighted by Gasteiger charge is -2.09. The van der Waals surface area contributed by atoms with E-state index in [1.165, 1.54) is 0 Å². The molecule has 0 aliphatic rings. The molecule has 1 aromatic carbocycles. The normalized spacial score (nSPS) is 10.9. The quantitative estimate of drug-likeness (QED) is 0.782.